The van der Waals surface area contributed by atoms with Crippen LogP contribution >= 0.6 is 0 Å². The molecule has 2 atom stereocenters. The van der Waals surface area contributed by atoms with Gasteiger partial charge in [-0.2, -0.15) is 5.26 Å². The summed E-state index contributed by atoms with van der Waals surface area (Å²) in [5, 5.41) is 8.89. The minimum atomic E-state index is 0.164. The van der Waals surface area contributed by atoms with Gasteiger partial charge in [0.1, 0.15) is 0 Å². The van der Waals surface area contributed by atoms with E-state index in [1.807, 2.05) is 24.3 Å². The number of nitrogens with zero attached hydrogens (tertiary/aromatic N) is 1. The first-order valence-electron chi connectivity index (χ1n) is 8.70. The van der Waals surface area contributed by atoms with Crippen molar-refractivity contribution >= 4 is 0 Å². The van der Waals surface area contributed by atoms with E-state index in [2.05, 4.69) is 51.1 Å². The summed E-state index contributed by atoms with van der Waals surface area (Å²) >= 11 is 0. The van der Waals surface area contributed by atoms with Crippen molar-refractivity contribution in [3.05, 3.63) is 70.8 Å². The average Bonchev–Trinajstić information content (AvgIpc) is 3.03. The van der Waals surface area contributed by atoms with E-state index in [0.29, 0.717) is 5.56 Å². The molecule has 1 saturated heterocycles. The highest BCUT2D eigenvalue weighted by molar-refractivity contribution is 5.33. The molecule has 0 unspecified atom stereocenters. The first kappa shape index (κ1) is 16.7. The van der Waals surface area contributed by atoms with Crippen LogP contribution in [0.15, 0.2) is 48.5 Å². The van der Waals surface area contributed by atoms with Crippen LogP contribution in [0.2, 0.25) is 0 Å². The number of benzene rings is 2. The summed E-state index contributed by atoms with van der Waals surface area (Å²) in [6, 6.07) is 18.9. The summed E-state index contributed by atoms with van der Waals surface area (Å²) in [6.45, 7) is 6.72. The predicted molar refractivity (Wildman–Crippen MR) is 96.9 cm³/mol. The topological polar surface area (TPSA) is 33.0 Å². The van der Waals surface area contributed by atoms with Gasteiger partial charge in [0.05, 0.1) is 23.8 Å². The summed E-state index contributed by atoms with van der Waals surface area (Å²) in [5.41, 5.74) is 4.79. The lowest BCUT2D eigenvalue weighted by atomic mass is 9.86. The van der Waals surface area contributed by atoms with Gasteiger partial charge in [0.2, 0.25) is 0 Å². The Morgan fingerprint density at radius 3 is 2.25 bits per heavy atom. The van der Waals surface area contributed by atoms with Crippen LogP contribution in [0.4, 0.5) is 0 Å². The largest absolute Gasteiger partial charge is 0.370 e. The fourth-order valence-corrected chi connectivity index (χ4v) is 3.28. The molecule has 1 fully saturated rings. The molecule has 0 saturated carbocycles. The smallest absolute Gasteiger partial charge is 0.0991 e. The second kappa shape index (κ2) is 6.79. The lowest BCUT2D eigenvalue weighted by molar-refractivity contribution is 0.0451. The normalized spacial score (nSPS) is 20.8. The third-order valence-electron chi connectivity index (χ3n) is 4.80. The Balaban J connectivity index is 1.60. The van der Waals surface area contributed by atoms with Gasteiger partial charge in [-0.25, -0.2) is 0 Å². The van der Waals surface area contributed by atoms with Gasteiger partial charge in [-0.3, -0.25) is 0 Å². The molecule has 3 rings (SSSR count). The van der Waals surface area contributed by atoms with Gasteiger partial charge >= 0.3 is 0 Å². The Bertz CT molecular complexity index is 717. The van der Waals surface area contributed by atoms with Gasteiger partial charge in [-0.1, -0.05) is 57.2 Å². The van der Waals surface area contributed by atoms with Crippen molar-refractivity contribution in [3.63, 3.8) is 0 Å². The van der Waals surface area contributed by atoms with E-state index in [0.717, 1.165) is 19.3 Å². The van der Waals surface area contributed by atoms with E-state index in [9.17, 15) is 0 Å². The van der Waals surface area contributed by atoms with Crippen molar-refractivity contribution in [1.82, 2.24) is 0 Å². The molecule has 2 aromatic rings. The fourth-order valence-electron chi connectivity index (χ4n) is 3.28. The molecule has 2 aromatic carbocycles. The number of ether oxygens (including phenoxy) is 1. The van der Waals surface area contributed by atoms with Crippen LogP contribution in [0.3, 0.4) is 0 Å². The van der Waals surface area contributed by atoms with Crippen molar-refractivity contribution < 1.29 is 4.74 Å². The monoisotopic (exact) mass is 319 g/mol. The highest BCUT2D eigenvalue weighted by atomic mass is 16.5. The molecule has 1 aliphatic rings. The van der Waals surface area contributed by atoms with E-state index < -0.39 is 0 Å². The van der Waals surface area contributed by atoms with E-state index in [1.54, 1.807) is 0 Å². The minimum absolute atomic E-state index is 0.164. The van der Waals surface area contributed by atoms with E-state index in [1.165, 1.54) is 16.7 Å². The molecule has 1 heterocycles. The SMILES string of the molecule is CC(C)(C)c1ccc(C[C@H]2CC[C@H](c3ccc(C#N)cc3)O2)cc1. The Kier molecular flexibility index (Phi) is 4.73. The fraction of sp³-hybridized carbons (Fsp3) is 0.409. The van der Waals surface area contributed by atoms with Crippen LogP contribution in [-0.4, -0.2) is 6.10 Å². The second-order valence-electron chi connectivity index (χ2n) is 7.71. The molecule has 1 aliphatic heterocycles. The van der Waals surface area contributed by atoms with Gasteiger partial charge in [-0.15, -0.1) is 0 Å². The Morgan fingerprint density at radius 2 is 1.67 bits per heavy atom. The third-order valence-corrected chi connectivity index (χ3v) is 4.80. The third kappa shape index (κ3) is 3.86. The maximum atomic E-state index is 8.89. The molecule has 124 valence electrons. The molecule has 0 radical (unpaired) electrons. The molecular weight excluding hydrogens is 294 g/mol. The molecule has 0 N–H and O–H groups in total. The summed E-state index contributed by atoms with van der Waals surface area (Å²) in [4.78, 5) is 0. The van der Waals surface area contributed by atoms with Crippen LogP contribution in [0.5, 0.6) is 0 Å². The zero-order valence-corrected chi connectivity index (χ0v) is 14.8. The van der Waals surface area contributed by atoms with Gasteiger partial charge < -0.3 is 4.74 Å². The molecule has 0 spiro atoms. The predicted octanol–water partition coefficient (Wildman–Crippen LogP) is 5.32. The second-order valence-corrected chi connectivity index (χ2v) is 7.71. The van der Waals surface area contributed by atoms with Crippen molar-refractivity contribution in [2.45, 2.75) is 57.7 Å². The van der Waals surface area contributed by atoms with Gasteiger partial charge in [-0.05, 0) is 53.5 Å². The molecule has 0 aromatic heterocycles. The Hall–Kier alpha value is -2.11. The van der Waals surface area contributed by atoms with Crippen molar-refractivity contribution in [2.75, 3.05) is 0 Å². The van der Waals surface area contributed by atoms with Gasteiger partial charge in [0.15, 0.2) is 0 Å². The minimum Gasteiger partial charge on any atom is -0.370 e. The molecule has 24 heavy (non-hydrogen) atoms. The average molecular weight is 319 g/mol. The Morgan fingerprint density at radius 1 is 1.00 bits per heavy atom. The standard InChI is InChI=1S/C22H25NO/c1-22(2,3)19-10-6-16(7-11-19)14-20-12-13-21(24-20)18-8-4-17(15-23)5-9-18/h4-11,20-21H,12-14H2,1-3H3/t20-,21-/m1/s1. The molecule has 0 aliphatic carbocycles. The number of nitriles is 1. The lowest BCUT2D eigenvalue weighted by Crippen LogP contribution is -2.12. The maximum absolute atomic E-state index is 8.89. The highest BCUT2D eigenvalue weighted by Gasteiger charge is 2.26. The van der Waals surface area contributed by atoms with Crippen LogP contribution in [0.1, 0.15) is 62.0 Å². The van der Waals surface area contributed by atoms with E-state index >= 15 is 0 Å². The van der Waals surface area contributed by atoms with E-state index in [-0.39, 0.29) is 17.6 Å². The zero-order chi connectivity index (χ0) is 17.2. The molecule has 2 nitrogen and oxygen atoms in total. The number of hydrogen-bond donors (Lipinski definition) is 0. The van der Waals surface area contributed by atoms with Crippen molar-refractivity contribution in [2.24, 2.45) is 0 Å². The summed E-state index contributed by atoms with van der Waals surface area (Å²) in [7, 11) is 0. The van der Waals surface area contributed by atoms with Crippen LogP contribution in [0, 0.1) is 11.3 Å². The highest BCUT2D eigenvalue weighted by Crippen LogP contribution is 2.34. The lowest BCUT2D eigenvalue weighted by Gasteiger charge is -2.19. The first-order valence-corrected chi connectivity index (χ1v) is 8.70. The van der Waals surface area contributed by atoms with Gasteiger partial charge in [0, 0.05) is 0 Å². The quantitative estimate of drug-likeness (QED) is 0.767. The van der Waals surface area contributed by atoms with E-state index in [4.69, 9.17) is 10.00 Å². The van der Waals surface area contributed by atoms with Gasteiger partial charge in [0.25, 0.3) is 0 Å². The van der Waals surface area contributed by atoms with Crippen LogP contribution in [0.25, 0.3) is 0 Å². The summed E-state index contributed by atoms with van der Waals surface area (Å²) < 4.78 is 6.24. The summed E-state index contributed by atoms with van der Waals surface area (Å²) in [6.07, 6.45) is 3.56. The van der Waals surface area contributed by atoms with Crippen LogP contribution in [-0.2, 0) is 16.6 Å². The Labute approximate surface area is 145 Å². The maximum Gasteiger partial charge on any atom is 0.0991 e. The van der Waals surface area contributed by atoms with Crippen LogP contribution < -0.4 is 0 Å². The zero-order valence-electron chi connectivity index (χ0n) is 14.8. The summed E-state index contributed by atoms with van der Waals surface area (Å²) in [5.74, 6) is 0. The number of hydrogen-bond acceptors (Lipinski definition) is 2. The molecular formula is C22H25NO. The molecule has 2 heteroatoms. The first-order chi connectivity index (χ1) is 11.5. The molecule has 0 bridgehead atoms. The number of rotatable bonds is 3. The van der Waals surface area contributed by atoms with Crippen molar-refractivity contribution in [1.29, 1.82) is 5.26 Å². The molecule has 0 amide bonds. The van der Waals surface area contributed by atoms with Crippen molar-refractivity contribution in [3.8, 4) is 6.07 Å².